The molecule has 0 saturated carbocycles. The molecule has 0 spiro atoms. The number of esters is 2. The van der Waals surface area contributed by atoms with Crippen LogP contribution in [0.2, 0.25) is 0 Å². The molecule has 0 amide bonds. The molecule has 5 nitrogen and oxygen atoms in total. The highest BCUT2D eigenvalue weighted by Crippen LogP contribution is 2.37. The number of hydrogen-bond acceptors (Lipinski definition) is 5. The van der Waals surface area contributed by atoms with Crippen molar-refractivity contribution in [3.8, 4) is 28.4 Å². The van der Waals surface area contributed by atoms with Crippen molar-refractivity contribution in [2.24, 2.45) is 0 Å². The van der Waals surface area contributed by atoms with Crippen LogP contribution in [0.1, 0.15) is 13.8 Å². The van der Waals surface area contributed by atoms with Gasteiger partial charge in [0.05, 0.1) is 12.7 Å². The fraction of sp³-hybridized carbons (Fsp3) is 0.143. The lowest BCUT2D eigenvalue weighted by molar-refractivity contribution is -0.130. The van der Waals surface area contributed by atoms with Gasteiger partial charge in [0.15, 0.2) is 0 Å². The van der Waals surface area contributed by atoms with E-state index in [2.05, 4.69) is 13.2 Å². The van der Waals surface area contributed by atoms with Crippen LogP contribution in [0.3, 0.4) is 0 Å². The molecule has 0 fully saturated rings. The van der Waals surface area contributed by atoms with Crippen LogP contribution in [0.5, 0.6) is 17.2 Å². The van der Waals surface area contributed by atoms with E-state index in [1.165, 1.54) is 32.2 Å². The van der Waals surface area contributed by atoms with E-state index in [9.17, 15) is 14.0 Å². The van der Waals surface area contributed by atoms with E-state index in [1.54, 1.807) is 19.1 Å². The SMILES string of the molecule is C=C(C)C(=O)Oc1ccc(-c2c(F)cc(OC(=O)C(=C)C)cc2OC)cc1. The number of methoxy groups -OCH3 is 1. The van der Waals surface area contributed by atoms with Crippen molar-refractivity contribution in [1.82, 2.24) is 0 Å². The lowest BCUT2D eigenvalue weighted by Crippen LogP contribution is -2.09. The van der Waals surface area contributed by atoms with Gasteiger partial charge >= 0.3 is 11.9 Å². The molecule has 2 rings (SSSR count). The fourth-order valence-electron chi connectivity index (χ4n) is 2.14. The van der Waals surface area contributed by atoms with E-state index >= 15 is 0 Å². The van der Waals surface area contributed by atoms with Crippen molar-refractivity contribution in [3.05, 3.63) is 66.5 Å². The second-order valence-electron chi connectivity index (χ2n) is 5.85. The first kappa shape index (κ1) is 19.9. The molecule has 0 N–H and O–H groups in total. The minimum absolute atomic E-state index is 0.00751. The number of rotatable bonds is 6. The zero-order valence-electron chi connectivity index (χ0n) is 15.3. The summed E-state index contributed by atoms with van der Waals surface area (Å²) in [7, 11) is 1.38. The molecule has 0 aliphatic carbocycles. The minimum Gasteiger partial charge on any atom is -0.496 e. The van der Waals surface area contributed by atoms with Gasteiger partial charge in [-0.05, 0) is 31.5 Å². The first-order valence-corrected chi connectivity index (χ1v) is 7.96. The van der Waals surface area contributed by atoms with Gasteiger partial charge in [0.2, 0.25) is 0 Å². The molecule has 0 radical (unpaired) electrons. The number of halogens is 1. The normalized spacial score (nSPS) is 10.1. The van der Waals surface area contributed by atoms with Gasteiger partial charge in [-0.1, -0.05) is 25.3 Å². The molecule has 27 heavy (non-hydrogen) atoms. The number of hydrogen-bond donors (Lipinski definition) is 0. The molecule has 0 bridgehead atoms. The van der Waals surface area contributed by atoms with Crippen LogP contribution in [0.15, 0.2) is 60.7 Å². The Morgan fingerprint density at radius 3 is 1.89 bits per heavy atom. The van der Waals surface area contributed by atoms with E-state index in [0.29, 0.717) is 11.3 Å². The maximum Gasteiger partial charge on any atom is 0.338 e. The molecule has 0 unspecified atom stereocenters. The Morgan fingerprint density at radius 2 is 1.41 bits per heavy atom. The minimum atomic E-state index is -0.659. The summed E-state index contributed by atoms with van der Waals surface area (Å²) < 4.78 is 30.1. The van der Waals surface area contributed by atoms with Crippen LogP contribution < -0.4 is 14.2 Å². The van der Waals surface area contributed by atoms with Gasteiger partial charge in [0, 0.05) is 23.3 Å². The Bertz CT molecular complexity index is 913. The summed E-state index contributed by atoms with van der Waals surface area (Å²) in [6.45, 7) is 10.0. The van der Waals surface area contributed by atoms with Crippen LogP contribution >= 0.6 is 0 Å². The zero-order valence-corrected chi connectivity index (χ0v) is 15.3. The predicted molar refractivity (Wildman–Crippen MR) is 99.3 cm³/mol. The highest BCUT2D eigenvalue weighted by Gasteiger charge is 2.17. The Hall–Kier alpha value is -3.41. The molecule has 0 atom stereocenters. The van der Waals surface area contributed by atoms with Crippen molar-refractivity contribution in [2.45, 2.75) is 13.8 Å². The first-order chi connectivity index (χ1) is 12.7. The summed E-state index contributed by atoms with van der Waals surface area (Å²) in [5.41, 5.74) is 1.15. The van der Waals surface area contributed by atoms with Gasteiger partial charge in [0.1, 0.15) is 23.1 Å². The third-order valence-corrected chi connectivity index (χ3v) is 3.51. The van der Waals surface area contributed by atoms with E-state index < -0.39 is 17.8 Å². The van der Waals surface area contributed by atoms with Gasteiger partial charge in [-0.15, -0.1) is 0 Å². The van der Waals surface area contributed by atoms with E-state index in [4.69, 9.17) is 14.2 Å². The molecule has 6 heteroatoms. The van der Waals surface area contributed by atoms with Crippen molar-refractivity contribution in [2.75, 3.05) is 7.11 Å². The quantitative estimate of drug-likeness (QED) is 0.427. The van der Waals surface area contributed by atoms with Crippen LogP contribution in [-0.4, -0.2) is 19.0 Å². The number of carbonyl (C=O) groups is 2. The molecular weight excluding hydrogens is 351 g/mol. The van der Waals surface area contributed by atoms with E-state index in [1.807, 2.05) is 0 Å². The maximum atomic E-state index is 14.7. The Kier molecular flexibility index (Phi) is 6.13. The average molecular weight is 370 g/mol. The first-order valence-electron chi connectivity index (χ1n) is 7.96. The fourth-order valence-corrected chi connectivity index (χ4v) is 2.14. The second-order valence-corrected chi connectivity index (χ2v) is 5.85. The molecule has 0 aromatic heterocycles. The van der Waals surface area contributed by atoms with Crippen LogP contribution in [0.4, 0.5) is 4.39 Å². The average Bonchev–Trinajstić information content (AvgIpc) is 2.61. The molecule has 0 saturated heterocycles. The monoisotopic (exact) mass is 370 g/mol. The highest BCUT2D eigenvalue weighted by atomic mass is 19.1. The van der Waals surface area contributed by atoms with E-state index in [0.717, 1.165) is 6.07 Å². The van der Waals surface area contributed by atoms with Crippen LogP contribution in [-0.2, 0) is 9.59 Å². The van der Waals surface area contributed by atoms with Gasteiger partial charge in [-0.3, -0.25) is 0 Å². The van der Waals surface area contributed by atoms with Gasteiger partial charge in [-0.25, -0.2) is 14.0 Å². The standard InChI is InChI=1S/C21H19FO5/c1-12(2)20(23)26-15-8-6-14(7-9-15)19-17(22)10-16(11-18(19)25-5)27-21(24)13(3)4/h6-11H,1,3H2,2,4-5H3. The summed E-state index contributed by atoms with van der Waals surface area (Å²) in [6, 6.07) is 8.74. The Morgan fingerprint density at radius 1 is 0.889 bits per heavy atom. The van der Waals surface area contributed by atoms with Crippen molar-refractivity contribution in [3.63, 3.8) is 0 Å². The maximum absolute atomic E-state index is 14.7. The summed E-state index contributed by atoms with van der Waals surface area (Å²) in [4.78, 5) is 23.2. The topological polar surface area (TPSA) is 61.8 Å². The van der Waals surface area contributed by atoms with Gasteiger partial charge in [0.25, 0.3) is 0 Å². The summed E-state index contributed by atoms with van der Waals surface area (Å²) in [5, 5.41) is 0. The van der Waals surface area contributed by atoms with Crippen molar-refractivity contribution >= 4 is 11.9 Å². The number of ether oxygens (including phenoxy) is 3. The molecular formula is C21H19FO5. The molecule has 0 aliphatic heterocycles. The third-order valence-electron chi connectivity index (χ3n) is 3.51. The second kappa shape index (κ2) is 8.31. The lowest BCUT2D eigenvalue weighted by Gasteiger charge is -2.13. The predicted octanol–water partition coefficient (Wildman–Crippen LogP) is 4.46. The smallest absolute Gasteiger partial charge is 0.338 e. The summed E-state index contributed by atoms with van der Waals surface area (Å²) in [6.07, 6.45) is 0. The Labute approximate surface area is 156 Å². The largest absolute Gasteiger partial charge is 0.496 e. The van der Waals surface area contributed by atoms with Gasteiger partial charge in [-0.2, -0.15) is 0 Å². The van der Waals surface area contributed by atoms with Crippen molar-refractivity contribution < 1.29 is 28.2 Å². The van der Waals surface area contributed by atoms with Gasteiger partial charge < -0.3 is 14.2 Å². The van der Waals surface area contributed by atoms with Crippen LogP contribution in [0.25, 0.3) is 11.1 Å². The highest BCUT2D eigenvalue weighted by molar-refractivity contribution is 5.89. The number of benzene rings is 2. The molecule has 0 heterocycles. The summed E-state index contributed by atoms with van der Waals surface area (Å²) in [5.74, 6) is -1.34. The molecule has 0 aliphatic rings. The molecule has 2 aromatic carbocycles. The van der Waals surface area contributed by atoms with Crippen molar-refractivity contribution in [1.29, 1.82) is 0 Å². The summed E-state index contributed by atoms with van der Waals surface area (Å²) >= 11 is 0. The zero-order chi connectivity index (χ0) is 20.1. The lowest BCUT2D eigenvalue weighted by atomic mass is 10.0. The number of carbonyl (C=O) groups excluding carboxylic acids is 2. The Balaban J connectivity index is 2.34. The van der Waals surface area contributed by atoms with E-state index in [-0.39, 0.29) is 28.2 Å². The molecule has 140 valence electrons. The van der Waals surface area contributed by atoms with Crippen LogP contribution in [0, 0.1) is 5.82 Å². The third kappa shape index (κ3) is 4.82. The molecule has 2 aromatic rings.